The summed E-state index contributed by atoms with van der Waals surface area (Å²) < 4.78 is 5.93. The molecule has 100 valence electrons. The molecule has 2 aromatic carbocycles. The Morgan fingerprint density at radius 1 is 1.05 bits per heavy atom. The van der Waals surface area contributed by atoms with E-state index in [1.54, 1.807) is 6.07 Å². The minimum Gasteiger partial charge on any atom is -0.457 e. The van der Waals surface area contributed by atoms with Crippen molar-refractivity contribution in [3.63, 3.8) is 0 Å². The second-order valence-corrected chi connectivity index (χ2v) is 4.83. The maximum absolute atomic E-state index is 5.98. The molecule has 1 heterocycles. The topological polar surface area (TPSA) is 48.1 Å². The van der Waals surface area contributed by atoms with E-state index in [4.69, 9.17) is 22.1 Å². The fourth-order valence-corrected chi connectivity index (χ4v) is 2.22. The van der Waals surface area contributed by atoms with Crippen LogP contribution in [0.15, 0.2) is 54.6 Å². The summed E-state index contributed by atoms with van der Waals surface area (Å²) in [5.74, 6) is 1.43. The van der Waals surface area contributed by atoms with Crippen molar-refractivity contribution in [2.45, 2.75) is 6.54 Å². The van der Waals surface area contributed by atoms with Gasteiger partial charge in [0.15, 0.2) is 0 Å². The minimum atomic E-state index is 0.372. The lowest BCUT2D eigenvalue weighted by Crippen LogP contribution is -2.00. The van der Waals surface area contributed by atoms with E-state index >= 15 is 0 Å². The Bertz CT molecular complexity index is 758. The van der Waals surface area contributed by atoms with Crippen LogP contribution < -0.4 is 10.5 Å². The lowest BCUT2D eigenvalue weighted by atomic mass is 10.2. The molecule has 0 saturated carbocycles. The molecule has 0 amide bonds. The molecule has 0 aliphatic rings. The second kappa shape index (κ2) is 5.49. The SMILES string of the molecule is NCc1cc(Oc2cccc(Cl)c2)c2ccccc2n1. The first-order valence-electron chi connectivity index (χ1n) is 6.28. The molecule has 4 heteroatoms. The van der Waals surface area contributed by atoms with E-state index in [0.29, 0.717) is 17.3 Å². The highest BCUT2D eigenvalue weighted by molar-refractivity contribution is 6.30. The van der Waals surface area contributed by atoms with E-state index in [-0.39, 0.29) is 0 Å². The molecule has 3 aromatic rings. The Morgan fingerprint density at radius 3 is 2.70 bits per heavy atom. The number of aromatic nitrogens is 1. The zero-order valence-corrected chi connectivity index (χ0v) is 11.5. The molecular weight excluding hydrogens is 272 g/mol. The Hall–Kier alpha value is -2.10. The number of hydrogen-bond acceptors (Lipinski definition) is 3. The van der Waals surface area contributed by atoms with E-state index in [1.165, 1.54) is 0 Å². The van der Waals surface area contributed by atoms with Gasteiger partial charge in [0.25, 0.3) is 0 Å². The van der Waals surface area contributed by atoms with Gasteiger partial charge in [-0.05, 0) is 30.3 Å². The highest BCUT2D eigenvalue weighted by Crippen LogP contribution is 2.30. The summed E-state index contributed by atoms with van der Waals surface area (Å²) in [5.41, 5.74) is 7.35. The third-order valence-corrected chi connectivity index (χ3v) is 3.20. The molecule has 0 spiro atoms. The summed E-state index contributed by atoms with van der Waals surface area (Å²) in [7, 11) is 0. The standard InChI is InChI=1S/C16H13ClN2O/c17-11-4-3-5-13(8-11)20-16-9-12(10-18)19-15-7-2-1-6-14(15)16/h1-9H,10,18H2. The molecule has 3 nitrogen and oxygen atoms in total. The number of fused-ring (bicyclic) bond motifs is 1. The van der Waals surface area contributed by atoms with Gasteiger partial charge < -0.3 is 10.5 Å². The zero-order valence-electron chi connectivity index (χ0n) is 10.7. The van der Waals surface area contributed by atoms with Crippen LogP contribution in [-0.4, -0.2) is 4.98 Å². The molecule has 1 aromatic heterocycles. The number of pyridine rings is 1. The molecule has 0 radical (unpaired) electrons. The van der Waals surface area contributed by atoms with E-state index in [0.717, 1.165) is 22.3 Å². The quantitative estimate of drug-likeness (QED) is 0.786. The molecule has 0 bridgehead atoms. The molecule has 0 aliphatic heterocycles. The lowest BCUT2D eigenvalue weighted by molar-refractivity contribution is 0.487. The first-order chi connectivity index (χ1) is 9.76. The van der Waals surface area contributed by atoms with E-state index in [2.05, 4.69) is 4.98 Å². The summed E-state index contributed by atoms with van der Waals surface area (Å²) in [6, 6.07) is 17.0. The third kappa shape index (κ3) is 2.59. The second-order valence-electron chi connectivity index (χ2n) is 4.39. The first-order valence-corrected chi connectivity index (χ1v) is 6.66. The molecule has 0 saturated heterocycles. The lowest BCUT2D eigenvalue weighted by Gasteiger charge is -2.10. The normalized spacial score (nSPS) is 10.7. The van der Waals surface area contributed by atoms with Crippen LogP contribution in [0.4, 0.5) is 0 Å². The van der Waals surface area contributed by atoms with E-state index < -0.39 is 0 Å². The molecule has 0 fully saturated rings. The van der Waals surface area contributed by atoms with Crippen LogP contribution in [0.25, 0.3) is 10.9 Å². The summed E-state index contributed by atoms with van der Waals surface area (Å²) in [6.07, 6.45) is 0. The highest BCUT2D eigenvalue weighted by atomic mass is 35.5. The first kappa shape index (κ1) is 12.9. The fourth-order valence-electron chi connectivity index (χ4n) is 2.04. The molecular formula is C16H13ClN2O. The van der Waals surface area contributed by atoms with Gasteiger partial charge in [0.1, 0.15) is 11.5 Å². The summed E-state index contributed by atoms with van der Waals surface area (Å²) >= 11 is 5.98. The fraction of sp³-hybridized carbons (Fsp3) is 0.0625. The van der Waals surface area contributed by atoms with Crippen molar-refractivity contribution in [2.24, 2.45) is 5.73 Å². The molecule has 2 N–H and O–H groups in total. The molecule has 0 aliphatic carbocycles. The number of ether oxygens (including phenoxy) is 1. The van der Waals surface area contributed by atoms with Gasteiger partial charge in [-0.15, -0.1) is 0 Å². The van der Waals surface area contributed by atoms with Gasteiger partial charge in [0, 0.05) is 23.0 Å². The van der Waals surface area contributed by atoms with Crippen molar-refractivity contribution in [1.29, 1.82) is 0 Å². The van der Waals surface area contributed by atoms with Gasteiger partial charge in [0.2, 0.25) is 0 Å². The van der Waals surface area contributed by atoms with Crippen molar-refractivity contribution in [2.75, 3.05) is 0 Å². The Kier molecular flexibility index (Phi) is 3.54. The Balaban J connectivity index is 2.10. The Labute approximate surface area is 122 Å². The number of nitrogens with zero attached hydrogens (tertiary/aromatic N) is 1. The van der Waals surface area contributed by atoms with E-state index in [9.17, 15) is 0 Å². The third-order valence-electron chi connectivity index (χ3n) is 2.96. The van der Waals surface area contributed by atoms with Crippen LogP contribution in [0.3, 0.4) is 0 Å². The van der Waals surface area contributed by atoms with Gasteiger partial charge in [-0.3, -0.25) is 4.98 Å². The summed E-state index contributed by atoms with van der Waals surface area (Å²) in [5, 5.41) is 1.59. The average Bonchev–Trinajstić information content (AvgIpc) is 2.47. The van der Waals surface area contributed by atoms with Crippen molar-refractivity contribution < 1.29 is 4.74 Å². The maximum atomic E-state index is 5.98. The van der Waals surface area contributed by atoms with Crippen molar-refractivity contribution in [3.05, 3.63) is 65.3 Å². The van der Waals surface area contributed by atoms with Crippen LogP contribution in [0.1, 0.15) is 5.69 Å². The number of hydrogen-bond donors (Lipinski definition) is 1. The van der Waals surface area contributed by atoms with Crippen LogP contribution in [0.5, 0.6) is 11.5 Å². The number of nitrogens with two attached hydrogens (primary N) is 1. The van der Waals surface area contributed by atoms with Crippen LogP contribution in [0.2, 0.25) is 5.02 Å². The van der Waals surface area contributed by atoms with Gasteiger partial charge in [-0.1, -0.05) is 29.8 Å². The number of benzene rings is 2. The molecule has 0 unspecified atom stereocenters. The average molecular weight is 285 g/mol. The monoisotopic (exact) mass is 284 g/mol. The zero-order chi connectivity index (χ0) is 13.9. The van der Waals surface area contributed by atoms with E-state index in [1.807, 2.05) is 48.5 Å². The van der Waals surface area contributed by atoms with Crippen molar-refractivity contribution in [3.8, 4) is 11.5 Å². The van der Waals surface area contributed by atoms with Gasteiger partial charge in [-0.2, -0.15) is 0 Å². The van der Waals surface area contributed by atoms with Crippen molar-refractivity contribution >= 4 is 22.5 Å². The van der Waals surface area contributed by atoms with Crippen LogP contribution in [-0.2, 0) is 6.54 Å². The molecule has 3 rings (SSSR count). The largest absolute Gasteiger partial charge is 0.457 e. The molecule has 20 heavy (non-hydrogen) atoms. The van der Waals surface area contributed by atoms with Gasteiger partial charge in [0.05, 0.1) is 11.2 Å². The van der Waals surface area contributed by atoms with Crippen LogP contribution in [0, 0.1) is 0 Å². The number of para-hydroxylation sites is 1. The number of rotatable bonds is 3. The predicted molar refractivity (Wildman–Crippen MR) is 81.2 cm³/mol. The smallest absolute Gasteiger partial charge is 0.138 e. The number of halogens is 1. The summed E-state index contributed by atoms with van der Waals surface area (Å²) in [4.78, 5) is 4.48. The van der Waals surface area contributed by atoms with Crippen molar-refractivity contribution in [1.82, 2.24) is 4.98 Å². The van der Waals surface area contributed by atoms with Gasteiger partial charge in [-0.25, -0.2) is 0 Å². The van der Waals surface area contributed by atoms with Crippen LogP contribution >= 0.6 is 11.6 Å². The minimum absolute atomic E-state index is 0.372. The maximum Gasteiger partial charge on any atom is 0.138 e. The Morgan fingerprint density at radius 2 is 1.90 bits per heavy atom. The van der Waals surface area contributed by atoms with Gasteiger partial charge >= 0.3 is 0 Å². The summed E-state index contributed by atoms with van der Waals surface area (Å²) in [6.45, 7) is 0.372. The highest BCUT2D eigenvalue weighted by Gasteiger charge is 2.07. The molecule has 0 atom stereocenters. The predicted octanol–water partition coefficient (Wildman–Crippen LogP) is 4.14.